The van der Waals surface area contributed by atoms with Crippen LogP contribution in [0.4, 0.5) is 0 Å². The van der Waals surface area contributed by atoms with Crippen molar-refractivity contribution in [2.45, 2.75) is 6.10 Å². The van der Waals surface area contributed by atoms with Crippen molar-refractivity contribution in [2.75, 3.05) is 13.2 Å². The van der Waals surface area contributed by atoms with Gasteiger partial charge in [0.1, 0.15) is 0 Å². The van der Waals surface area contributed by atoms with Gasteiger partial charge in [-0.1, -0.05) is 0 Å². The van der Waals surface area contributed by atoms with Gasteiger partial charge in [0.25, 0.3) is 0 Å². The van der Waals surface area contributed by atoms with Crippen molar-refractivity contribution in [3.05, 3.63) is 0 Å². The Morgan fingerprint density at radius 2 is 1.22 bits per heavy atom. The zero-order valence-electron chi connectivity index (χ0n) is 6.22. The fourth-order valence-corrected chi connectivity index (χ4v) is 0.0481. The van der Waals surface area contributed by atoms with Crippen LogP contribution in [0.1, 0.15) is 1.43 Å². The van der Waals surface area contributed by atoms with Crippen molar-refractivity contribution in [2.24, 2.45) is 0 Å². The smallest absolute Gasteiger partial charge is 0.855 e. The fourth-order valence-electron chi connectivity index (χ4n) is 0.0481. The summed E-state index contributed by atoms with van der Waals surface area (Å²) in [6.07, 6.45) is -1.43. The first-order valence-corrected chi connectivity index (χ1v) is 1.63. The minimum Gasteiger partial charge on any atom is -0.855 e. The van der Waals surface area contributed by atoms with Gasteiger partial charge in [0, 0.05) is 1.43 Å². The van der Waals surface area contributed by atoms with E-state index in [0.717, 1.165) is 0 Å². The SMILES string of the molecule is [2HH].[Na+].[Na+].[Na+].[O-]CC([O-])C[O-]. The van der Waals surface area contributed by atoms with Crippen LogP contribution in [-0.2, 0) is 0 Å². The van der Waals surface area contributed by atoms with E-state index in [9.17, 15) is 15.3 Å². The molecule has 0 fully saturated rings. The van der Waals surface area contributed by atoms with E-state index in [2.05, 4.69) is 0 Å². The quantitative estimate of drug-likeness (QED) is 0.377. The first-order chi connectivity index (χ1) is 2.81. The average Bonchev–Trinajstić information content (AvgIpc) is 1.65. The summed E-state index contributed by atoms with van der Waals surface area (Å²) in [7, 11) is 0. The molecule has 0 saturated heterocycles. The standard InChI is InChI=1S/C3H5O3.3Na.H2/c4-1-3(6)2-5;;;;/h3H,1-2H2;;;;1H/q-3;3*+1;/i;;;;1+1. The van der Waals surface area contributed by atoms with Gasteiger partial charge in [-0.25, -0.2) is 0 Å². The van der Waals surface area contributed by atoms with Crippen LogP contribution in [0.3, 0.4) is 0 Å². The van der Waals surface area contributed by atoms with Gasteiger partial charge >= 0.3 is 88.7 Å². The molecule has 40 valence electrons. The summed E-state index contributed by atoms with van der Waals surface area (Å²) in [4.78, 5) is 0. The molecule has 9 heavy (non-hydrogen) atoms. The molecular weight excluding hydrogens is 153 g/mol. The Labute approximate surface area is 123 Å². The number of rotatable bonds is 2. The summed E-state index contributed by atoms with van der Waals surface area (Å²) in [6.45, 7) is -1.58. The van der Waals surface area contributed by atoms with Gasteiger partial charge < -0.3 is 15.3 Å². The van der Waals surface area contributed by atoms with Crippen molar-refractivity contribution in [3.8, 4) is 0 Å². The largest absolute Gasteiger partial charge is 1.00 e. The van der Waals surface area contributed by atoms with E-state index in [1.54, 1.807) is 0 Å². The molecule has 0 radical (unpaired) electrons. The van der Waals surface area contributed by atoms with Crippen molar-refractivity contribution in [1.82, 2.24) is 0 Å². The van der Waals surface area contributed by atoms with E-state index in [1.807, 2.05) is 0 Å². The van der Waals surface area contributed by atoms with Gasteiger partial charge in [-0.05, 0) is 0 Å². The molecule has 0 aliphatic heterocycles. The number of hydrogen-bond donors (Lipinski definition) is 0. The molecule has 0 unspecified atom stereocenters. The van der Waals surface area contributed by atoms with E-state index in [0.29, 0.717) is 0 Å². The monoisotopic (exact) mass is 161 g/mol. The zero-order valence-corrected chi connectivity index (χ0v) is 12.2. The molecule has 0 saturated carbocycles. The summed E-state index contributed by atoms with van der Waals surface area (Å²) < 4.78 is 0. The van der Waals surface area contributed by atoms with E-state index in [4.69, 9.17) is 0 Å². The van der Waals surface area contributed by atoms with Gasteiger partial charge in [0.15, 0.2) is 0 Å². The van der Waals surface area contributed by atoms with Crippen molar-refractivity contribution < 1.29 is 105 Å². The van der Waals surface area contributed by atoms with Crippen LogP contribution in [0.15, 0.2) is 0 Å². The topological polar surface area (TPSA) is 69.2 Å². The first-order valence-electron chi connectivity index (χ1n) is 1.63. The van der Waals surface area contributed by atoms with Crippen LogP contribution in [0.2, 0.25) is 0 Å². The molecular formula is C3H7Na3O3. The van der Waals surface area contributed by atoms with E-state index in [1.165, 1.54) is 0 Å². The molecule has 3 nitrogen and oxygen atoms in total. The zero-order chi connectivity index (χ0) is 4.99. The summed E-state index contributed by atoms with van der Waals surface area (Å²) in [5.41, 5.74) is 0. The van der Waals surface area contributed by atoms with Crippen molar-refractivity contribution in [3.63, 3.8) is 0 Å². The third-order valence-corrected chi connectivity index (χ3v) is 0.372. The van der Waals surface area contributed by atoms with Crippen LogP contribution in [-0.4, -0.2) is 19.3 Å². The predicted molar refractivity (Wildman–Crippen MR) is 15.6 cm³/mol. The molecule has 0 rings (SSSR count). The Balaban J connectivity index is -0.0000000208. The second-order valence-corrected chi connectivity index (χ2v) is 0.955. The molecule has 0 N–H and O–H groups in total. The predicted octanol–water partition coefficient (Wildman–Crippen LogP) is -12.3. The Bertz CT molecular complexity index is 38.2. The van der Waals surface area contributed by atoms with Crippen molar-refractivity contribution >= 4 is 0 Å². The molecule has 0 spiro atoms. The second-order valence-electron chi connectivity index (χ2n) is 0.955. The van der Waals surface area contributed by atoms with Crippen LogP contribution < -0.4 is 104 Å². The Hall–Kier alpha value is 2.88. The van der Waals surface area contributed by atoms with E-state index < -0.39 is 19.3 Å². The molecule has 0 aliphatic rings. The molecule has 0 aromatic carbocycles. The van der Waals surface area contributed by atoms with Gasteiger partial charge in [-0.15, -0.1) is 0 Å². The van der Waals surface area contributed by atoms with Gasteiger partial charge in [-0.2, -0.15) is 19.3 Å². The minimum atomic E-state index is -1.43. The third-order valence-electron chi connectivity index (χ3n) is 0.372. The molecule has 0 aromatic rings. The van der Waals surface area contributed by atoms with E-state index >= 15 is 0 Å². The summed E-state index contributed by atoms with van der Waals surface area (Å²) in [5.74, 6) is 0. The minimum absolute atomic E-state index is 0. The van der Waals surface area contributed by atoms with Gasteiger partial charge in [0.05, 0.1) is 0 Å². The summed E-state index contributed by atoms with van der Waals surface area (Å²) in [5, 5.41) is 28.3. The Morgan fingerprint density at radius 3 is 1.22 bits per heavy atom. The third kappa shape index (κ3) is 18.1. The Morgan fingerprint density at radius 1 is 1.00 bits per heavy atom. The maximum absolute atomic E-state index is 9.64. The van der Waals surface area contributed by atoms with E-state index in [-0.39, 0.29) is 90.1 Å². The van der Waals surface area contributed by atoms with Crippen LogP contribution in [0.25, 0.3) is 0 Å². The molecule has 0 aromatic heterocycles. The second kappa shape index (κ2) is 17.1. The Kier molecular flexibility index (Phi) is 43.0. The fraction of sp³-hybridized carbons (Fsp3) is 1.00. The van der Waals surface area contributed by atoms with Gasteiger partial charge in [-0.3, -0.25) is 0 Å². The number of hydrogen-bond acceptors (Lipinski definition) is 3. The molecule has 0 atom stereocenters. The maximum atomic E-state index is 9.64. The first kappa shape index (κ1) is 22.6. The van der Waals surface area contributed by atoms with Gasteiger partial charge in [0.2, 0.25) is 0 Å². The summed E-state index contributed by atoms with van der Waals surface area (Å²) >= 11 is 0. The summed E-state index contributed by atoms with van der Waals surface area (Å²) in [6, 6.07) is 0. The molecule has 6 heteroatoms. The van der Waals surface area contributed by atoms with Crippen LogP contribution in [0, 0.1) is 0 Å². The molecule has 0 aliphatic carbocycles. The molecule has 0 bridgehead atoms. The van der Waals surface area contributed by atoms with Crippen molar-refractivity contribution in [1.29, 1.82) is 0 Å². The van der Waals surface area contributed by atoms with Crippen LogP contribution in [0.5, 0.6) is 0 Å². The van der Waals surface area contributed by atoms with Crippen LogP contribution >= 0.6 is 0 Å². The maximum Gasteiger partial charge on any atom is 1.00 e. The molecule has 0 heterocycles. The average molecular weight is 161 g/mol. The molecule has 0 amide bonds. The normalized spacial score (nSPS) is 6.67.